The Morgan fingerprint density at radius 1 is 1.28 bits per heavy atom. The van der Waals surface area contributed by atoms with Gasteiger partial charge < -0.3 is 15.0 Å². The second-order valence-corrected chi connectivity index (χ2v) is 10.7. The van der Waals surface area contributed by atoms with Crippen LogP contribution in [0.4, 0.5) is 13.2 Å². The number of carboxylic acids is 1. The summed E-state index contributed by atoms with van der Waals surface area (Å²) in [5.41, 5.74) is 1.73. The van der Waals surface area contributed by atoms with Gasteiger partial charge >= 0.3 is 12.1 Å². The normalized spacial score (nSPS) is 27.9. The molecule has 1 aromatic heterocycles. The molecule has 2 aromatic rings. The van der Waals surface area contributed by atoms with Crippen molar-refractivity contribution in [3.05, 3.63) is 35.0 Å². The van der Waals surface area contributed by atoms with Crippen molar-refractivity contribution < 1.29 is 23.1 Å². The quantitative estimate of drug-likeness (QED) is 0.636. The van der Waals surface area contributed by atoms with Gasteiger partial charge in [0.05, 0.1) is 11.0 Å². The van der Waals surface area contributed by atoms with Gasteiger partial charge in [0, 0.05) is 23.1 Å². The maximum absolute atomic E-state index is 13.3. The van der Waals surface area contributed by atoms with Crippen molar-refractivity contribution in [2.24, 2.45) is 16.7 Å². The van der Waals surface area contributed by atoms with Gasteiger partial charge in [-0.05, 0) is 86.7 Å². The average Bonchev–Trinajstić information content (AvgIpc) is 3.34. The zero-order valence-electron chi connectivity index (χ0n) is 18.5. The molecule has 3 aliphatic rings. The minimum absolute atomic E-state index is 0.0132. The highest BCUT2D eigenvalue weighted by atomic mass is 19.4. The Morgan fingerprint density at radius 3 is 2.72 bits per heavy atom. The molecule has 0 radical (unpaired) electrons. The summed E-state index contributed by atoms with van der Waals surface area (Å²) in [7, 11) is 0. The van der Waals surface area contributed by atoms with Crippen molar-refractivity contribution in [3.8, 4) is 0 Å². The van der Waals surface area contributed by atoms with Crippen LogP contribution in [0.25, 0.3) is 10.9 Å². The van der Waals surface area contributed by atoms with E-state index in [1.54, 1.807) is 6.07 Å². The van der Waals surface area contributed by atoms with Gasteiger partial charge in [-0.1, -0.05) is 19.8 Å². The number of halogens is 3. The number of carboxylic acid groups (broad SMARTS) is 1. The second kappa shape index (κ2) is 7.51. The monoisotopic (exact) mass is 448 g/mol. The van der Waals surface area contributed by atoms with Gasteiger partial charge in [-0.3, -0.25) is 4.79 Å². The van der Waals surface area contributed by atoms with E-state index in [9.17, 15) is 23.1 Å². The molecule has 0 bridgehead atoms. The average molecular weight is 449 g/mol. The Balaban J connectivity index is 1.36. The van der Waals surface area contributed by atoms with Gasteiger partial charge in [0.2, 0.25) is 0 Å². The Bertz CT molecular complexity index is 1040. The van der Waals surface area contributed by atoms with Crippen molar-refractivity contribution in [3.63, 3.8) is 0 Å². The van der Waals surface area contributed by atoms with Crippen molar-refractivity contribution >= 4 is 16.9 Å². The van der Waals surface area contributed by atoms with Crippen molar-refractivity contribution in [2.75, 3.05) is 19.6 Å². The standard InChI is InChI=1S/C25H31F3N2O2/c1-23-14-19-18-12-17(25(26,27)28)4-5-20(18)29-21(19)13-16(23)6-10-30(15-23)11-9-24(22(31)32)7-2-3-8-24/h4-5,12,16,29H,2-3,6-11,13-15H2,1H3,(H,31,32)/t16?,23-/m0/s1. The van der Waals surface area contributed by atoms with E-state index in [2.05, 4.69) is 16.8 Å². The molecular formula is C25H31F3N2O2. The van der Waals surface area contributed by atoms with Crippen LogP contribution in [0.5, 0.6) is 0 Å². The van der Waals surface area contributed by atoms with E-state index in [0.717, 1.165) is 87.4 Å². The van der Waals surface area contributed by atoms with Crippen LogP contribution in [-0.4, -0.2) is 40.6 Å². The number of piperidine rings is 1. The molecule has 0 spiro atoms. The van der Waals surface area contributed by atoms with Gasteiger partial charge in [0.15, 0.2) is 0 Å². The number of benzene rings is 1. The molecule has 1 saturated carbocycles. The molecule has 2 heterocycles. The number of hydrogen-bond acceptors (Lipinski definition) is 2. The van der Waals surface area contributed by atoms with E-state index in [4.69, 9.17) is 0 Å². The van der Waals surface area contributed by atoms with Crippen molar-refractivity contribution in [1.82, 2.24) is 9.88 Å². The fourth-order valence-corrected chi connectivity index (χ4v) is 6.65. The van der Waals surface area contributed by atoms with Gasteiger partial charge in [0.25, 0.3) is 0 Å². The maximum atomic E-state index is 13.3. The molecular weight excluding hydrogens is 417 g/mol. The smallest absolute Gasteiger partial charge is 0.416 e. The highest BCUT2D eigenvalue weighted by Gasteiger charge is 2.46. The predicted octanol–water partition coefficient (Wildman–Crippen LogP) is 5.65. The van der Waals surface area contributed by atoms with Crippen LogP contribution in [0.3, 0.4) is 0 Å². The van der Waals surface area contributed by atoms with E-state index in [-0.39, 0.29) is 5.41 Å². The molecule has 1 aromatic carbocycles. The lowest BCUT2D eigenvalue weighted by molar-refractivity contribution is -0.149. The number of nitrogens with zero attached hydrogens (tertiary/aromatic N) is 1. The Kier molecular flexibility index (Phi) is 5.11. The number of carbonyl (C=O) groups is 1. The van der Waals surface area contributed by atoms with Crippen molar-refractivity contribution in [2.45, 2.75) is 64.5 Å². The van der Waals surface area contributed by atoms with Crippen LogP contribution >= 0.6 is 0 Å². The van der Waals surface area contributed by atoms with Crippen LogP contribution in [-0.2, 0) is 23.8 Å². The largest absolute Gasteiger partial charge is 0.481 e. The number of rotatable bonds is 4. The Morgan fingerprint density at radius 2 is 2.03 bits per heavy atom. The molecule has 32 heavy (non-hydrogen) atoms. The summed E-state index contributed by atoms with van der Waals surface area (Å²) in [6.07, 6.45) is 2.55. The number of aromatic nitrogens is 1. The van der Waals surface area contributed by atoms with E-state index < -0.39 is 23.1 Å². The first-order valence-corrected chi connectivity index (χ1v) is 11.8. The number of hydrogen-bond donors (Lipinski definition) is 2. The summed E-state index contributed by atoms with van der Waals surface area (Å²) < 4.78 is 39.9. The summed E-state index contributed by atoms with van der Waals surface area (Å²) in [4.78, 5) is 17.7. The number of fused-ring (bicyclic) bond motifs is 4. The van der Waals surface area contributed by atoms with Gasteiger partial charge in [0.1, 0.15) is 0 Å². The van der Waals surface area contributed by atoms with Crippen LogP contribution < -0.4 is 0 Å². The lowest BCUT2D eigenvalue weighted by atomic mass is 9.63. The zero-order chi connectivity index (χ0) is 22.7. The predicted molar refractivity (Wildman–Crippen MR) is 117 cm³/mol. The highest BCUT2D eigenvalue weighted by molar-refractivity contribution is 5.86. The molecule has 0 amide bonds. The molecule has 4 nitrogen and oxygen atoms in total. The number of aliphatic carboxylic acids is 1. The highest BCUT2D eigenvalue weighted by Crippen LogP contribution is 2.48. The summed E-state index contributed by atoms with van der Waals surface area (Å²) in [5.74, 6) is -0.168. The summed E-state index contributed by atoms with van der Waals surface area (Å²) in [6.45, 7) is 4.89. The zero-order valence-corrected chi connectivity index (χ0v) is 18.5. The van der Waals surface area contributed by atoms with Crippen LogP contribution in [0.15, 0.2) is 18.2 Å². The number of aromatic amines is 1. The summed E-state index contributed by atoms with van der Waals surface area (Å²) in [5, 5.41) is 10.5. The molecule has 2 atom stereocenters. The Labute approximate surface area is 186 Å². The van der Waals surface area contributed by atoms with Crippen LogP contribution in [0.2, 0.25) is 0 Å². The molecule has 5 rings (SSSR count). The molecule has 2 fully saturated rings. The van der Waals surface area contributed by atoms with E-state index in [1.165, 1.54) is 6.07 Å². The third-order valence-electron chi connectivity index (χ3n) is 8.64. The van der Waals surface area contributed by atoms with Crippen molar-refractivity contribution in [1.29, 1.82) is 0 Å². The lowest BCUT2D eigenvalue weighted by Gasteiger charge is -2.49. The molecule has 1 aliphatic heterocycles. The topological polar surface area (TPSA) is 56.3 Å². The molecule has 7 heteroatoms. The summed E-state index contributed by atoms with van der Waals surface area (Å²) in [6, 6.07) is 4.01. The fourth-order valence-electron chi connectivity index (χ4n) is 6.65. The number of likely N-dealkylation sites (tertiary alicyclic amines) is 1. The lowest BCUT2D eigenvalue weighted by Crippen LogP contribution is -2.51. The Hall–Kier alpha value is -2.02. The molecule has 1 saturated heterocycles. The van der Waals surface area contributed by atoms with Gasteiger partial charge in [-0.15, -0.1) is 0 Å². The minimum atomic E-state index is -4.35. The fraction of sp³-hybridized carbons (Fsp3) is 0.640. The summed E-state index contributed by atoms with van der Waals surface area (Å²) >= 11 is 0. The minimum Gasteiger partial charge on any atom is -0.481 e. The van der Waals surface area contributed by atoms with E-state index >= 15 is 0 Å². The van der Waals surface area contributed by atoms with E-state index in [1.807, 2.05) is 0 Å². The first-order valence-electron chi connectivity index (χ1n) is 11.8. The number of H-pyrrole nitrogens is 1. The molecule has 2 aliphatic carbocycles. The van der Waals surface area contributed by atoms with E-state index in [0.29, 0.717) is 17.7 Å². The maximum Gasteiger partial charge on any atom is 0.416 e. The third kappa shape index (κ3) is 3.62. The SMILES string of the molecule is C[C@@]12Cc3c([nH]c4ccc(C(F)(F)F)cc34)CC1CCN(CCC1(C(=O)O)CCCC1)C2. The molecule has 174 valence electrons. The third-order valence-corrected chi connectivity index (χ3v) is 8.64. The van der Waals surface area contributed by atoms with Gasteiger partial charge in [-0.25, -0.2) is 0 Å². The first-order chi connectivity index (χ1) is 15.1. The van der Waals surface area contributed by atoms with Gasteiger partial charge in [-0.2, -0.15) is 13.2 Å². The second-order valence-electron chi connectivity index (χ2n) is 10.7. The van der Waals surface area contributed by atoms with Crippen LogP contribution in [0, 0.1) is 16.7 Å². The number of nitrogens with one attached hydrogen (secondary N) is 1. The first kappa shape index (κ1) is 21.8. The number of alkyl halides is 3. The molecule has 2 N–H and O–H groups in total. The molecule has 1 unspecified atom stereocenters. The van der Waals surface area contributed by atoms with Crippen LogP contribution in [0.1, 0.15) is 62.3 Å².